The third-order valence-corrected chi connectivity index (χ3v) is 6.14. The standard InChI is InChI=1S/C23H24N8O2/c1-12-4-5-16-15(10-27-30-16)19(12)14-9-18(28-21(20(14)24)22(25)33)17-6-7-26-23(29-17)31-8-2-3-13(31)11-32/h4-7,9-10,13,32H,2-3,8,11,24H2,1H3,(H2,25,33)(H,27,30). The summed E-state index contributed by atoms with van der Waals surface area (Å²) in [6, 6.07) is 7.43. The molecule has 10 nitrogen and oxygen atoms in total. The van der Waals surface area contributed by atoms with E-state index in [1.807, 2.05) is 30.0 Å². The fourth-order valence-electron chi connectivity index (χ4n) is 4.48. The number of anilines is 2. The van der Waals surface area contributed by atoms with Crippen molar-refractivity contribution in [3.8, 4) is 22.5 Å². The number of benzene rings is 1. The van der Waals surface area contributed by atoms with Crippen LogP contribution < -0.4 is 16.4 Å². The fraction of sp³-hybridized carbons (Fsp3) is 0.261. The molecular formula is C23H24N8O2. The Labute approximate surface area is 189 Å². The summed E-state index contributed by atoms with van der Waals surface area (Å²) in [5, 5.41) is 17.7. The summed E-state index contributed by atoms with van der Waals surface area (Å²) < 4.78 is 0. The average Bonchev–Trinajstić information content (AvgIpc) is 3.49. The second-order valence-electron chi connectivity index (χ2n) is 8.18. The first-order valence-corrected chi connectivity index (χ1v) is 10.7. The van der Waals surface area contributed by atoms with Gasteiger partial charge in [0.15, 0.2) is 5.69 Å². The summed E-state index contributed by atoms with van der Waals surface area (Å²) in [5.41, 5.74) is 16.5. The number of hydrogen-bond donors (Lipinski definition) is 4. The van der Waals surface area contributed by atoms with Crippen LogP contribution in [0, 0.1) is 6.92 Å². The van der Waals surface area contributed by atoms with E-state index >= 15 is 0 Å². The number of hydrogen-bond acceptors (Lipinski definition) is 8. The molecule has 168 valence electrons. The van der Waals surface area contributed by atoms with Crippen molar-refractivity contribution < 1.29 is 9.90 Å². The highest BCUT2D eigenvalue weighted by Gasteiger charge is 2.26. The molecule has 1 aliphatic rings. The number of aliphatic hydroxyl groups excluding tert-OH is 1. The first-order valence-electron chi connectivity index (χ1n) is 10.7. The minimum Gasteiger partial charge on any atom is -0.396 e. The Hall–Kier alpha value is -4.05. The molecule has 10 heteroatoms. The van der Waals surface area contributed by atoms with Crippen LogP contribution in [0.1, 0.15) is 28.9 Å². The largest absolute Gasteiger partial charge is 0.396 e. The van der Waals surface area contributed by atoms with Crippen LogP contribution in [0.2, 0.25) is 0 Å². The van der Waals surface area contributed by atoms with Crippen LogP contribution in [-0.2, 0) is 0 Å². The highest BCUT2D eigenvalue weighted by atomic mass is 16.3. The van der Waals surface area contributed by atoms with Crippen molar-refractivity contribution >= 4 is 28.4 Å². The number of primary amides is 1. The third kappa shape index (κ3) is 3.54. The van der Waals surface area contributed by atoms with Crippen LogP contribution >= 0.6 is 0 Å². The number of carbonyl (C=O) groups excluding carboxylic acids is 1. The number of H-pyrrole nitrogens is 1. The number of aromatic amines is 1. The lowest BCUT2D eigenvalue weighted by molar-refractivity contribution is 0.0996. The lowest BCUT2D eigenvalue weighted by Crippen LogP contribution is -2.33. The van der Waals surface area contributed by atoms with Crippen molar-refractivity contribution in [3.05, 3.63) is 47.9 Å². The summed E-state index contributed by atoms with van der Waals surface area (Å²) in [6.45, 7) is 2.78. The molecule has 4 heterocycles. The van der Waals surface area contributed by atoms with Gasteiger partial charge in [0.1, 0.15) is 0 Å². The van der Waals surface area contributed by atoms with Crippen molar-refractivity contribution in [2.75, 3.05) is 23.8 Å². The van der Waals surface area contributed by atoms with Gasteiger partial charge < -0.3 is 21.5 Å². The van der Waals surface area contributed by atoms with Crippen LogP contribution in [0.15, 0.2) is 36.7 Å². The van der Waals surface area contributed by atoms with Crippen LogP contribution in [0.5, 0.6) is 0 Å². The summed E-state index contributed by atoms with van der Waals surface area (Å²) in [7, 11) is 0. The van der Waals surface area contributed by atoms with Gasteiger partial charge in [-0.05, 0) is 49.1 Å². The van der Waals surface area contributed by atoms with Crippen LogP contribution in [0.4, 0.5) is 11.6 Å². The smallest absolute Gasteiger partial charge is 0.269 e. The lowest BCUT2D eigenvalue weighted by Gasteiger charge is -2.23. The summed E-state index contributed by atoms with van der Waals surface area (Å²) in [5.74, 6) is -0.209. The van der Waals surface area contributed by atoms with E-state index in [0.717, 1.165) is 41.4 Å². The molecule has 3 aromatic heterocycles. The zero-order valence-corrected chi connectivity index (χ0v) is 18.1. The van der Waals surface area contributed by atoms with Gasteiger partial charge in [-0.15, -0.1) is 0 Å². The molecule has 0 saturated carbocycles. The van der Waals surface area contributed by atoms with Crippen LogP contribution in [0.3, 0.4) is 0 Å². The predicted octanol–water partition coefficient (Wildman–Crippen LogP) is 2.03. The molecule has 5 rings (SSSR count). The maximum Gasteiger partial charge on any atom is 0.269 e. The molecule has 4 aromatic rings. The van der Waals surface area contributed by atoms with Gasteiger partial charge in [-0.2, -0.15) is 5.10 Å². The molecule has 1 amide bonds. The van der Waals surface area contributed by atoms with Gasteiger partial charge in [-0.25, -0.2) is 15.0 Å². The second-order valence-corrected chi connectivity index (χ2v) is 8.18. The Morgan fingerprint density at radius 3 is 2.91 bits per heavy atom. The Morgan fingerprint density at radius 1 is 1.27 bits per heavy atom. The van der Waals surface area contributed by atoms with Gasteiger partial charge in [-0.3, -0.25) is 9.89 Å². The van der Waals surface area contributed by atoms with E-state index in [1.54, 1.807) is 18.5 Å². The molecule has 1 fully saturated rings. The molecule has 1 unspecified atom stereocenters. The first kappa shape index (κ1) is 20.8. The molecule has 6 N–H and O–H groups in total. The zero-order valence-electron chi connectivity index (χ0n) is 18.1. The van der Waals surface area contributed by atoms with Crippen molar-refractivity contribution in [3.63, 3.8) is 0 Å². The molecule has 1 atom stereocenters. The number of nitrogens with two attached hydrogens (primary N) is 2. The van der Waals surface area contributed by atoms with Gasteiger partial charge >= 0.3 is 0 Å². The van der Waals surface area contributed by atoms with Crippen LogP contribution in [-0.4, -0.2) is 55.4 Å². The number of nitrogen functional groups attached to an aromatic ring is 1. The normalized spacial score (nSPS) is 15.9. The number of aryl methyl sites for hydroxylation is 1. The number of aromatic nitrogens is 5. The minimum absolute atomic E-state index is 0.0160. The van der Waals surface area contributed by atoms with E-state index in [9.17, 15) is 9.90 Å². The van der Waals surface area contributed by atoms with E-state index in [1.165, 1.54) is 0 Å². The maximum atomic E-state index is 12.2. The number of rotatable bonds is 5. The molecule has 1 saturated heterocycles. The summed E-state index contributed by atoms with van der Waals surface area (Å²) >= 11 is 0. The van der Waals surface area contributed by atoms with Crippen molar-refractivity contribution in [2.45, 2.75) is 25.8 Å². The number of nitrogens with zero attached hydrogens (tertiary/aromatic N) is 5. The Kier molecular flexibility index (Phi) is 5.14. The molecule has 1 aromatic carbocycles. The number of carbonyl (C=O) groups is 1. The Balaban J connectivity index is 1.70. The van der Waals surface area contributed by atoms with E-state index in [2.05, 4.69) is 20.2 Å². The van der Waals surface area contributed by atoms with Gasteiger partial charge in [0.05, 0.1) is 41.4 Å². The summed E-state index contributed by atoms with van der Waals surface area (Å²) in [6.07, 6.45) is 5.22. The van der Waals surface area contributed by atoms with Crippen molar-refractivity contribution in [2.24, 2.45) is 5.73 Å². The van der Waals surface area contributed by atoms with E-state index in [4.69, 9.17) is 16.5 Å². The zero-order chi connectivity index (χ0) is 23.1. The number of pyridine rings is 1. The van der Waals surface area contributed by atoms with Gasteiger partial charge in [0, 0.05) is 23.7 Å². The quantitative estimate of drug-likeness (QED) is 0.364. The van der Waals surface area contributed by atoms with E-state index < -0.39 is 5.91 Å². The monoisotopic (exact) mass is 444 g/mol. The topological polar surface area (TPSA) is 160 Å². The number of aliphatic hydroxyl groups is 1. The van der Waals surface area contributed by atoms with E-state index in [0.29, 0.717) is 22.9 Å². The van der Waals surface area contributed by atoms with Crippen molar-refractivity contribution in [1.82, 2.24) is 25.1 Å². The van der Waals surface area contributed by atoms with Gasteiger partial charge in [0.2, 0.25) is 5.95 Å². The first-order chi connectivity index (χ1) is 16.0. The maximum absolute atomic E-state index is 12.2. The SMILES string of the molecule is Cc1ccc2[nH]ncc2c1-c1cc(-c2ccnc(N3CCCC3CO)n2)nc(C(N)=O)c1N. The Bertz CT molecular complexity index is 1370. The Morgan fingerprint density at radius 2 is 2.12 bits per heavy atom. The lowest BCUT2D eigenvalue weighted by atomic mass is 9.94. The molecule has 0 spiro atoms. The molecule has 0 radical (unpaired) electrons. The highest BCUT2D eigenvalue weighted by molar-refractivity contribution is 6.05. The average molecular weight is 444 g/mol. The van der Waals surface area contributed by atoms with Gasteiger partial charge in [-0.1, -0.05) is 6.07 Å². The fourth-order valence-corrected chi connectivity index (χ4v) is 4.48. The number of amides is 1. The second kappa shape index (κ2) is 8.14. The molecule has 0 bridgehead atoms. The predicted molar refractivity (Wildman–Crippen MR) is 125 cm³/mol. The molecule has 1 aliphatic heterocycles. The molecule has 33 heavy (non-hydrogen) atoms. The minimum atomic E-state index is -0.721. The number of nitrogens with one attached hydrogen (secondary N) is 1. The summed E-state index contributed by atoms with van der Waals surface area (Å²) in [4.78, 5) is 27.8. The number of fused-ring (bicyclic) bond motifs is 1. The van der Waals surface area contributed by atoms with E-state index in [-0.39, 0.29) is 24.0 Å². The van der Waals surface area contributed by atoms with Gasteiger partial charge in [0.25, 0.3) is 5.91 Å². The third-order valence-electron chi connectivity index (χ3n) is 6.14. The molecular weight excluding hydrogens is 420 g/mol. The van der Waals surface area contributed by atoms with Crippen LogP contribution in [0.25, 0.3) is 33.4 Å². The molecule has 0 aliphatic carbocycles. The van der Waals surface area contributed by atoms with Crippen molar-refractivity contribution in [1.29, 1.82) is 0 Å². The highest BCUT2D eigenvalue weighted by Crippen LogP contribution is 2.38.